The van der Waals surface area contributed by atoms with E-state index in [1.54, 1.807) is 14.0 Å². The highest BCUT2D eigenvalue weighted by Gasteiger charge is 2.13. The Hall–Kier alpha value is -1.03. The molecule has 1 aromatic carbocycles. The first-order chi connectivity index (χ1) is 8.43. The molecule has 0 saturated heterocycles. The van der Waals surface area contributed by atoms with Crippen molar-refractivity contribution in [2.24, 2.45) is 0 Å². The van der Waals surface area contributed by atoms with E-state index in [1.807, 2.05) is 32.0 Å². The Morgan fingerprint density at radius 3 is 2.50 bits per heavy atom. The lowest BCUT2D eigenvalue weighted by Crippen LogP contribution is -2.13. The van der Waals surface area contributed by atoms with E-state index in [4.69, 9.17) is 9.47 Å². The Labute approximate surface area is 117 Å². The maximum atomic E-state index is 11.2. The number of methoxy groups -OCH3 is 1. The van der Waals surface area contributed by atoms with Crippen LogP contribution in [0.2, 0.25) is 0 Å². The number of alkyl halides is 1. The van der Waals surface area contributed by atoms with Gasteiger partial charge in [-0.05, 0) is 44.9 Å². The molecule has 1 unspecified atom stereocenters. The molecule has 100 valence electrons. The topological polar surface area (TPSA) is 35.5 Å². The SMILES string of the molecule is COc1ccc(CC(Br)C(C)=O)cc1OC(C)C. The molecular weight excluding hydrogens is 296 g/mol. The second-order valence-electron chi connectivity index (χ2n) is 4.43. The molecule has 3 nitrogen and oxygen atoms in total. The molecular formula is C14H19BrO3. The fraction of sp³-hybridized carbons (Fsp3) is 0.500. The number of carbonyl (C=O) groups excluding carboxylic acids is 1. The van der Waals surface area contributed by atoms with Crippen molar-refractivity contribution in [2.75, 3.05) is 7.11 Å². The summed E-state index contributed by atoms with van der Waals surface area (Å²) in [6.45, 7) is 5.51. The molecule has 4 heteroatoms. The molecule has 0 aliphatic heterocycles. The zero-order valence-corrected chi connectivity index (χ0v) is 12.8. The van der Waals surface area contributed by atoms with Crippen LogP contribution in [0.3, 0.4) is 0 Å². The molecule has 0 spiro atoms. The number of rotatable bonds is 6. The van der Waals surface area contributed by atoms with Gasteiger partial charge in [0.1, 0.15) is 5.78 Å². The van der Waals surface area contributed by atoms with Crippen LogP contribution in [0.1, 0.15) is 26.3 Å². The van der Waals surface area contributed by atoms with Crippen LogP contribution in [-0.4, -0.2) is 23.8 Å². The van der Waals surface area contributed by atoms with Gasteiger partial charge in [0.25, 0.3) is 0 Å². The summed E-state index contributed by atoms with van der Waals surface area (Å²) < 4.78 is 10.9. The fourth-order valence-corrected chi connectivity index (χ4v) is 1.92. The minimum atomic E-state index is -0.155. The number of Topliss-reactive ketones (excluding diaryl/α,β-unsaturated/α-hetero) is 1. The van der Waals surface area contributed by atoms with Gasteiger partial charge in [-0.3, -0.25) is 4.79 Å². The summed E-state index contributed by atoms with van der Waals surface area (Å²) in [6, 6.07) is 5.74. The van der Waals surface area contributed by atoms with Gasteiger partial charge in [0.2, 0.25) is 0 Å². The van der Waals surface area contributed by atoms with Gasteiger partial charge in [0.15, 0.2) is 11.5 Å². The zero-order valence-electron chi connectivity index (χ0n) is 11.2. The third kappa shape index (κ3) is 4.33. The Kier molecular flexibility index (Phi) is 5.66. The van der Waals surface area contributed by atoms with Gasteiger partial charge in [-0.2, -0.15) is 0 Å². The van der Waals surface area contributed by atoms with Crippen molar-refractivity contribution in [2.45, 2.75) is 38.1 Å². The third-order valence-corrected chi connectivity index (χ3v) is 3.42. The lowest BCUT2D eigenvalue weighted by molar-refractivity contribution is -0.116. The predicted octanol–water partition coefficient (Wildman–Crippen LogP) is 3.38. The zero-order chi connectivity index (χ0) is 13.7. The molecule has 0 aliphatic rings. The Bertz CT molecular complexity index is 416. The number of hydrogen-bond acceptors (Lipinski definition) is 3. The molecule has 0 bridgehead atoms. The Balaban J connectivity index is 2.91. The van der Waals surface area contributed by atoms with E-state index in [2.05, 4.69) is 15.9 Å². The number of ether oxygens (including phenoxy) is 2. The van der Waals surface area contributed by atoms with E-state index in [0.29, 0.717) is 17.9 Å². The standard InChI is InChI=1S/C14H19BrO3/c1-9(2)18-14-8-11(5-6-13(14)17-4)7-12(15)10(3)16/h5-6,8-9,12H,7H2,1-4H3. The van der Waals surface area contributed by atoms with Crippen molar-refractivity contribution < 1.29 is 14.3 Å². The van der Waals surface area contributed by atoms with Gasteiger partial charge in [0.05, 0.1) is 18.0 Å². The molecule has 0 aliphatic carbocycles. The van der Waals surface area contributed by atoms with E-state index in [-0.39, 0.29) is 16.7 Å². The van der Waals surface area contributed by atoms with Gasteiger partial charge < -0.3 is 9.47 Å². The fourth-order valence-electron chi connectivity index (χ4n) is 1.54. The molecule has 18 heavy (non-hydrogen) atoms. The van der Waals surface area contributed by atoms with Crippen LogP contribution in [0, 0.1) is 0 Å². The Morgan fingerprint density at radius 2 is 2.00 bits per heavy atom. The van der Waals surface area contributed by atoms with Crippen LogP contribution >= 0.6 is 15.9 Å². The summed E-state index contributed by atoms with van der Waals surface area (Å²) in [5.41, 5.74) is 1.04. The summed E-state index contributed by atoms with van der Waals surface area (Å²) in [7, 11) is 1.62. The smallest absolute Gasteiger partial charge is 0.161 e. The minimum Gasteiger partial charge on any atom is -0.493 e. The predicted molar refractivity (Wildman–Crippen MR) is 75.9 cm³/mol. The Morgan fingerprint density at radius 1 is 1.33 bits per heavy atom. The molecule has 1 aromatic rings. The van der Waals surface area contributed by atoms with Crippen LogP contribution in [0.5, 0.6) is 11.5 Å². The van der Waals surface area contributed by atoms with Gasteiger partial charge in [-0.25, -0.2) is 0 Å². The largest absolute Gasteiger partial charge is 0.493 e. The van der Waals surface area contributed by atoms with E-state index < -0.39 is 0 Å². The maximum absolute atomic E-state index is 11.2. The molecule has 1 rings (SSSR count). The summed E-state index contributed by atoms with van der Waals surface area (Å²) in [5, 5.41) is 0. The number of hydrogen-bond donors (Lipinski definition) is 0. The first kappa shape index (κ1) is 15.0. The van der Waals surface area contributed by atoms with Gasteiger partial charge in [-0.1, -0.05) is 22.0 Å². The molecule has 0 amide bonds. The third-order valence-electron chi connectivity index (χ3n) is 2.45. The number of benzene rings is 1. The lowest BCUT2D eigenvalue weighted by Gasteiger charge is -2.15. The van der Waals surface area contributed by atoms with Crippen LogP contribution in [-0.2, 0) is 11.2 Å². The van der Waals surface area contributed by atoms with Gasteiger partial charge >= 0.3 is 0 Å². The average molecular weight is 315 g/mol. The summed E-state index contributed by atoms with van der Waals surface area (Å²) in [6.07, 6.45) is 0.732. The molecule has 0 aromatic heterocycles. The van der Waals surface area contributed by atoms with Crippen LogP contribution in [0.4, 0.5) is 0 Å². The summed E-state index contributed by atoms with van der Waals surface area (Å²) in [5.74, 6) is 1.55. The van der Waals surface area contributed by atoms with Crippen molar-refractivity contribution in [3.63, 3.8) is 0 Å². The van der Waals surface area contributed by atoms with Crippen molar-refractivity contribution in [3.05, 3.63) is 23.8 Å². The van der Waals surface area contributed by atoms with E-state index >= 15 is 0 Å². The van der Waals surface area contributed by atoms with Crippen molar-refractivity contribution in [1.82, 2.24) is 0 Å². The highest BCUT2D eigenvalue weighted by molar-refractivity contribution is 9.10. The first-order valence-corrected chi connectivity index (χ1v) is 6.83. The summed E-state index contributed by atoms with van der Waals surface area (Å²) >= 11 is 3.37. The molecule has 0 radical (unpaired) electrons. The van der Waals surface area contributed by atoms with Crippen LogP contribution < -0.4 is 9.47 Å². The number of carbonyl (C=O) groups is 1. The van der Waals surface area contributed by atoms with E-state index in [0.717, 1.165) is 5.56 Å². The van der Waals surface area contributed by atoms with Crippen LogP contribution in [0.15, 0.2) is 18.2 Å². The highest BCUT2D eigenvalue weighted by atomic mass is 79.9. The normalized spacial score (nSPS) is 12.3. The van der Waals surface area contributed by atoms with Gasteiger partial charge in [0, 0.05) is 0 Å². The number of halogens is 1. The molecule has 0 N–H and O–H groups in total. The molecule has 0 saturated carbocycles. The minimum absolute atomic E-state index is 0.0849. The molecule has 0 fully saturated rings. The average Bonchev–Trinajstić information content (AvgIpc) is 2.28. The second-order valence-corrected chi connectivity index (χ2v) is 5.54. The van der Waals surface area contributed by atoms with Crippen LogP contribution in [0.25, 0.3) is 0 Å². The highest BCUT2D eigenvalue weighted by Crippen LogP contribution is 2.29. The van der Waals surface area contributed by atoms with Gasteiger partial charge in [-0.15, -0.1) is 0 Å². The quantitative estimate of drug-likeness (QED) is 0.755. The second kappa shape index (κ2) is 6.78. The van der Waals surface area contributed by atoms with Crippen molar-refractivity contribution in [3.8, 4) is 11.5 Å². The first-order valence-electron chi connectivity index (χ1n) is 5.92. The van der Waals surface area contributed by atoms with Crippen molar-refractivity contribution >= 4 is 21.7 Å². The lowest BCUT2D eigenvalue weighted by atomic mass is 10.1. The monoisotopic (exact) mass is 314 g/mol. The van der Waals surface area contributed by atoms with E-state index in [9.17, 15) is 4.79 Å². The van der Waals surface area contributed by atoms with E-state index in [1.165, 1.54) is 0 Å². The maximum Gasteiger partial charge on any atom is 0.161 e. The molecule has 0 heterocycles. The van der Waals surface area contributed by atoms with Crippen molar-refractivity contribution in [1.29, 1.82) is 0 Å². The molecule has 1 atom stereocenters. The number of ketones is 1. The summed E-state index contributed by atoms with van der Waals surface area (Å²) in [4.78, 5) is 11.1.